The average Bonchev–Trinajstić information content (AvgIpc) is 2.68. The summed E-state index contributed by atoms with van der Waals surface area (Å²) in [5, 5.41) is 11.0. The first-order valence-corrected chi connectivity index (χ1v) is 7.85. The molecule has 0 radical (unpaired) electrons. The van der Waals surface area contributed by atoms with Gasteiger partial charge in [0.05, 0.1) is 14.9 Å². The summed E-state index contributed by atoms with van der Waals surface area (Å²) in [6.45, 7) is 3.94. The van der Waals surface area contributed by atoms with E-state index in [-0.39, 0.29) is 6.10 Å². The lowest BCUT2D eigenvalue weighted by Gasteiger charge is -2.13. The monoisotopic (exact) mass is 360 g/mol. The smallest absolute Gasteiger partial charge is 0.120 e. The molecule has 0 spiro atoms. The SMILES string of the molecule is CC(C)Oc1cccc(C(O)c2cc(Cl)c(Br)s2)c1. The van der Waals surface area contributed by atoms with Gasteiger partial charge in [0.2, 0.25) is 0 Å². The molecular formula is C14H14BrClO2S. The molecule has 0 aliphatic carbocycles. The Morgan fingerprint density at radius 1 is 1.32 bits per heavy atom. The van der Waals surface area contributed by atoms with Crippen LogP contribution in [0, 0.1) is 0 Å². The molecule has 102 valence electrons. The van der Waals surface area contributed by atoms with Gasteiger partial charge in [0.25, 0.3) is 0 Å². The Balaban J connectivity index is 2.25. The predicted molar refractivity (Wildman–Crippen MR) is 83.3 cm³/mol. The van der Waals surface area contributed by atoms with E-state index < -0.39 is 6.10 Å². The average molecular weight is 362 g/mol. The number of aliphatic hydroxyl groups excluding tert-OH is 1. The van der Waals surface area contributed by atoms with Crippen LogP contribution in [0.25, 0.3) is 0 Å². The molecule has 0 aliphatic rings. The van der Waals surface area contributed by atoms with Gasteiger partial charge < -0.3 is 9.84 Å². The summed E-state index contributed by atoms with van der Waals surface area (Å²) in [6, 6.07) is 9.26. The van der Waals surface area contributed by atoms with E-state index in [1.165, 1.54) is 11.3 Å². The lowest BCUT2D eigenvalue weighted by atomic mass is 10.1. The summed E-state index contributed by atoms with van der Waals surface area (Å²) in [5.41, 5.74) is 0.795. The predicted octanol–water partition coefficient (Wildman–Crippen LogP) is 5.03. The Hall–Kier alpha value is -0.550. The number of ether oxygens (including phenoxy) is 1. The number of halogens is 2. The van der Waals surface area contributed by atoms with Crippen LogP contribution in [0.2, 0.25) is 5.02 Å². The Labute approximate surface area is 130 Å². The van der Waals surface area contributed by atoms with E-state index in [0.29, 0.717) is 5.02 Å². The van der Waals surface area contributed by atoms with Crippen LogP contribution in [0.3, 0.4) is 0 Å². The van der Waals surface area contributed by atoms with Crippen LogP contribution in [-0.4, -0.2) is 11.2 Å². The Bertz CT molecular complexity index is 549. The molecule has 0 fully saturated rings. The van der Waals surface area contributed by atoms with Crippen LogP contribution in [0.5, 0.6) is 5.75 Å². The Kier molecular flexibility index (Phi) is 4.90. The van der Waals surface area contributed by atoms with Gasteiger partial charge in [-0.25, -0.2) is 0 Å². The number of rotatable bonds is 4. The van der Waals surface area contributed by atoms with E-state index in [0.717, 1.165) is 20.0 Å². The van der Waals surface area contributed by atoms with Crippen LogP contribution in [0.1, 0.15) is 30.4 Å². The third-order valence-electron chi connectivity index (χ3n) is 2.48. The molecule has 1 N–H and O–H groups in total. The molecule has 2 nitrogen and oxygen atoms in total. The van der Waals surface area contributed by atoms with Crippen LogP contribution in [0.15, 0.2) is 34.1 Å². The van der Waals surface area contributed by atoms with Crippen molar-refractivity contribution in [1.29, 1.82) is 0 Å². The molecule has 5 heteroatoms. The van der Waals surface area contributed by atoms with Crippen molar-refractivity contribution in [3.05, 3.63) is 49.6 Å². The number of hydrogen-bond acceptors (Lipinski definition) is 3. The lowest BCUT2D eigenvalue weighted by Crippen LogP contribution is -2.06. The molecule has 2 aromatic rings. The number of hydrogen-bond donors (Lipinski definition) is 1. The van der Waals surface area contributed by atoms with Crippen molar-refractivity contribution in [2.75, 3.05) is 0 Å². The van der Waals surface area contributed by atoms with Gasteiger partial charge in [-0.3, -0.25) is 0 Å². The van der Waals surface area contributed by atoms with Crippen LogP contribution >= 0.6 is 38.9 Å². The number of benzene rings is 1. The van der Waals surface area contributed by atoms with Crippen molar-refractivity contribution in [3.63, 3.8) is 0 Å². The molecule has 1 atom stereocenters. The largest absolute Gasteiger partial charge is 0.491 e. The summed E-state index contributed by atoms with van der Waals surface area (Å²) >= 11 is 10.8. The van der Waals surface area contributed by atoms with E-state index in [9.17, 15) is 5.11 Å². The van der Waals surface area contributed by atoms with Gasteiger partial charge in [-0.15, -0.1) is 11.3 Å². The van der Waals surface area contributed by atoms with Crippen molar-refractivity contribution in [2.24, 2.45) is 0 Å². The first kappa shape index (κ1) is 14.9. The van der Waals surface area contributed by atoms with E-state index >= 15 is 0 Å². The van der Waals surface area contributed by atoms with Gasteiger partial charge in [-0.1, -0.05) is 23.7 Å². The van der Waals surface area contributed by atoms with E-state index in [1.54, 1.807) is 6.07 Å². The fourth-order valence-corrected chi connectivity index (χ4v) is 3.45. The Morgan fingerprint density at radius 2 is 2.05 bits per heavy atom. The number of thiophene rings is 1. The first-order chi connectivity index (χ1) is 8.97. The molecular weight excluding hydrogens is 348 g/mol. The van der Waals surface area contributed by atoms with Crippen molar-refractivity contribution in [2.45, 2.75) is 26.1 Å². The normalized spacial score (nSPS) is 12.7. The molecule has 19 heavy (non-hydrogen) atoms. The second-order valence-electron chi connectivity index (χ2n) is 4.41. The highest BCUT2D eigenvalue weighted by Crippen LogP contribution is 2.37. The van der Waals surface area contributed by atoms with Crippen molar-refractivity contribution in [3.8, 4) is 5.75 Å². The molecule has 1 unspecified atom stereocenters. The summed E-state index contributed by atoms with van der Waals surface area (Å²) in [6.07, 6.45) is -0.581. The molecule has 1 aromatic carbocycles. The highest BCUT2D eigenvalue weighted by molar-refractivity contribution is 9.11. The van der Waals surface area contributed by atoms with Gasteiger partial charge in [0.15, 0.2) is 0 Å². The molecule has 0 aliphatic heterocycles. The van der Waals surface area contributed by atoms with Crippen LogP contribution in [-0.2, 0) is 0 Å². The maximum Gasteiger partial charge on any atom is 0.120 e. The summed E-state index contributed by atoms with van der Waals surface area (Å²) < 4.78 is 6.46. The highest BCUT2D eigenvalue weighted by Gasteiger charge is 2.16. The third kappa shape index (κ3) is 3.72. The van der Waals surface area contributed by atoms with Gasteiger partial charge in [0, 0.05) is 4.88 Å². The minimum atomic E-state index is -0.690. The van der Waals surface area contributed by atoms with E-state index in [4.69, 9.17) is 16.3 Å². The molecule has 0 saturated carbocycles. The molecule has 1 aromatic heterocycles. The second-order valence-corrected chi connectivity index (χ2v) is 7.22. The Morgan fingerprint density at radius 3 is 2.63 bits per heavy atom. The summed E-state index contributed by atoms with van der Waals surface area (Å²) in [7, 11) is 0. The first-order valence-electron chi connectivity index (χ1n) is 5.87. The van der Waals surface area contributed by atoms with E-state index in [1.807, 2.05) is 38.1 Å². The summed E-state index contributed by atoms with van der Waals surface area (Å²) in [5.74, 6) is 0.758. The summed E-state index contributed by atoms with van der Waals surface area (Å²) in [4.78, 5) is 0.804. The zero-order valence-corrected chi connectivity index (χ0v) is 13.7. The van der Waals surface area contributed by atoms with Gasteiger partial charge >= 0.3 is 0 Å². The topological polar surface area (TPSA) is 29.5 Å². The molecule has 2 rings (SSSR count). The lowest BCUT2D eigenvalue weighted by molar-refractivity contribution is 0.220. The van der Waals surface area contributed by atoms with Gasteiger partial charge in [0.1, 0.15) is 11.9 Å². The second kappa shape index (κ2) is 6.27. The van der Waals surface area contributed by atoms with E-state index in [2.05, 4.69) is 15.9 Å². The van der Waals surface area contributed by atoms with Crippen molar-refractivity contribution in [1.82, 2.24) is 0 Å². The molecule has 0 amide bonds. The highest BCUT2D eigenvalue weighted by atomic mass is 79.9. The fourth-order valence-electron chi connectivity index (χ4n) is 1.69. The minimum absolute atomic E-state index is 0.109. The third-order valence-corrected chi connectivity index (χ3v) is 5.01. The molecule has 0 saturated heterocycles. The number of aliphatic hydroxyl groups is 1. The maximum atomic E-state index is 10.4. The zero-order chi connectivity index (χ0) is 14.0. The standard InChI is InChI=1S/C14H14BrClO2S/c1-8(2)18-10-5-3-4-9(6-10)13(17)12-7-11(16)14(15)19-12/h3-8,13,17H,1-2H3. The van der Waals surface area contributed by atoms with Gasteiger partial charge in [-0.2, -0.15) is 0 Å². The molecule has 1 heterocycles. The maximum absolute atomic E-state index is 10.4. The minimum Gasteiger partial charge on any atom is -0.491 e. The van der Waals surface area contributed by atoms with Crippen molar-refractivity contribution < 1.29 is 9.84 Å². The van der Waals surface area contributed by atoms with Crippen LogP contribution < -0.4 is 4.74 Å². The van der Waals surface area contributed by atoms with Gasteiger partial charge in [-0.05, 0) is 53.5 Å². The van der Waals surface area contributed by atoms with Crippen LogP contribution in [0.4, 0.5) is 0 Å². The molecule has 0 bridgehead atoms. The quantitative estimate of drug-likeness (QED) is 0.827. The zero-order valence-electron chi connectivity index (χ0n) is 10.6. The van der Waals surface area contributed by atoms with Crippen molar-refractivity contribution >= 4 is 38.9 Å². The fraction of sp³-hybridized carbons (Fsp3) is 0.286.